The van der Waals surface area contributed by atoms with Crippen LogP contribution in [0.25, 0.3) is 0 Å². The summed E-state index contributed by atoms with van der Waals surface area (Å²) in [5.41, 5.74) is 0. The zero-order chi connectivity index (χ0) is 15.1. The van der Waals surface area contributed by atoms with Gasteiger partial charge in [0.25, 0.3) is 0 Å². The lowest BCUT2D eigenvalue weighted by Crippen LogP contribution is -2.49. The Morgan fingerprint density at radius 1 is 1.25 bits per heavy atom. The van der Waals surface area contributed by atoms with Crippen LogP contribution in [0.3, 0.4) is 0 Å². The quantitative estimate of drug-likeness (QED) is 0.599. The monoisotopic (exact) mass is 284 g/mol. The summed E-state index contributed by atoms with van der Waals surface area (Å²) >= 11 is 0. The number of carboxylic acid groups (broad SMARTS) is 1. The molecule has 0 saturated carbocycles. The molecule has 2 unspecified atom stereocenters. The molecular formula is C15H28N2O3. The van der Waals surface area contributed by atoms with Crippen molar-refractivity contribution in [3.05, 3.63) is 0 Å². The number of carbonyl (C=O) groups is 2. The maximum Gasteiger partial charge on any atom is 0.303 e. The van der Waals surface area contributed by atoms with Crippen LogP contribution in [-0.2, 0) is 9.59 Å². The van der Waals surface area contributed by atoms with E-state index in [-0.39, 0.29) is 18.2 Å². The highest BCUT2D eigenvalue weighted by molar-refractivity contribution is 5.78. The molecule has 5 nitrogen and oxygen atoms in total. The Kier molecular flexibility index (Phi) is 6.99. The molecule has 3 N–H and O–H groups in total. The van der Waals surface area contributed by atoms with Gasteiger partial charge < -0.3 is 15.7 Å². The number of carbonyl (C=O) groups excluding carboxylic acids is 1. The van der Waals surface area contributed by atoms with Gasteiger partial charge in [0, 0.05) is 18.9 Å². The van der Waals surface area contributed by atoms with E-state index in [2.05, 4.69) is 24.5 Å². The van der Waals surface area contributed by atoms with Gasteiger partial charge in [0.2, 0.25) is 5.91 Å². The van der Waals surface area contributed by atoms with E-state index in [0.29, 0.717) is 30.7 Å². The molecule has 116 valence electrons. The number of hydrogen-bond donors (Lipinski definition) is 3. The summed E-state index contributed by atoms with van der Waals surface area (Å²) in [5, 5.41) is 14.9. The van der Waals surface area contributed by atoms with Crippen LogP contribution >= 0.6 is 0 Å². The lowest BCUT2D eigenvalue weighted by atomic mass is 9.87. The van der Waals surface area contributed by atoms with E-state index in [4.69, 9.17) is 5.11 Å². The topological polar surface area (TPSA) is 78.4 Å². The third kappa shape index (κ3) is 5.49. The first-order valence-corrected chi connectivity index (χ1v) is 7.62. The third-order valence-electron chi connectivity index (χ3n) is 4.42. The number of carboxylic acids is 1. The summed E-state index contributed by atoms with van der Waals surface area (Å²) < 4.78 is 0. The van der Waals surface area contributed by atoms with Gasteiger partial charge >= 0.3 is 5.97 Å². The van der Waals surface area contributed by atoms with Gasteiger partial charge in [-0.05, 0) is 43.7 Å². The Hall–Kier alpha value is -1.10. The largest absolute Gasteiger partial charge is 0.481 e. The maximum atomic E-state index is 12.0. The van der Waals surface area contributed by atoms with Gasteiger partial charge in [0.1, 0.15) is 0 Å². The molecule has 1 rings (SSSR count). The van der Waals surface area contributed by atoms with E-state index in [1.54, 1.807) is 0 Å². The number of hydrogen-bond acceptors (Lipinski definition) is 3. The lowest BCUT2D eigenvalue weighted by molar-refractivity contribution is -0.137. The van der Waals surface area contributed by atoms with Gasteiger partial charge in [-0.1, -0.05) is 20.8 Å². The van der Waals surface area contributed by atoms with E-state index in [0.717, 1.165) is 19.5 Å². The molecule has 1 aliphatic heterocycles. The second kappa shape index (κ2) is 8.25. The second-order valence-corrected chi connectivity index (χ2v) is 6.22. The first kappa shape index (κ1) is 17.0. The van der Waals surface area contributed by atoms with Gasteiger partial charge in [-0.25, -0.2) is 0 Å². The number of aliphatic carboxylic acids is 1. The summed E-state index contributed by atoms with van der Waals surface area (Å²) in [4.78, 5) is 22.6. The zero-order valence-corrected chi connectivity index (χ0v) is 12.8. The van der Waals surface area contributed by atoms with Gasteiger partial charge in [0.15, 0.2) is 0 Å². The van der Waals surface area contributed by atoms with Crippen molar-refractivity contribution in [1.29, 1.82) is 0 Å². The van der Waals surface area contributed by atoms with Gasteiger partial charge in [-0.15, -0.1) is 0 Å². The highest BCUT2D eigenvalue weighted by Gasteiger charge is 2.28. The molecule has 0 bridgehead atoms. The van der Waals surface area contributed by atoms with E-state index < -0.39 is 5.97 Å². The Morgan fingerprint density at radius 3 is 2.35 bits per heavy atom. The van der Waals surface area contributed by atoms with Crippen molar-refractivity contribution in [3.63, 3.8) is 0 Å². The summed E-state index contributed by atoms with van der Waals surface area (Å²) in [5.74, 6) is 0.699. The van der Waals surface area contributed by atoms with Crippen LogP contribution in [0.2, 0.25) is 0 Å². The summed E-state index contributed by atoms with van der Waals surface area (Å²) in [7, 11) is 0. The molecule has 1 fully saturated rings. The number of amides is 1. The Bertz CT molecular complexity index is 327. The van der Waals surface area contributed by atoms with E-state index in [1.165, 1.54) is 0 Å². The van der Waals surface area contributed by atoms with Crippen molar-refractivity contribution in [2.45, 2.75) is 40.0 Å². The highest BCUT2D eigenvalue weighted by Crippen LogP contribution is 2.21. The SMILES string of the molecule is CC(C)C(CCNC(=O)C(C)C1CNC1)CCC(=O)O. The molecule has 20 heavy (non-hydrogen) atoms. The first-order valence-electron chi connectivity index (χ1n) is 7.62. The van der Waals surface area contributed by atoms with Crippen molar-refractivity contribution >= 4 is 11.9 Å². The fourth-order valence-corrected chi connectivity index (χ4v) is 2.54. The van der Waals surface area contributed by atoms with Crippen LogP contribution < -0.4 is 10.6 Å². The van der Waals surface area contributed by atoms with Crippen LogP contribution in [0.5, 0.6) is 0 Å². The molecule has 0 aliphatic carbocycles. The predicted octanol–water partition coefficient (Wildman–Crippen LogP) is 1.49. The van der Waals surface area contributed by atoms with Crippen molar-refractivity contribution in [3.8, 4) is 0 Å². The van der Waals surface area contributed by atoms with E-state index in [1.807, 2.05) is 6.92 Å². The minimum Gasteiger partial charge on any atom is -0.481 e. The Balaban J connectivity index is 2.25. The molecule has 1 amide bonds. The van der Waals surface area contributed by atoms with Crippen LogP contribution in [0.4, 0.5) is 0 Å². The highest BCUT2D eigenvalue weighted by atomic mass is 16.4. The molecule has 0 aromatic carbocycles. The molecule has 0 radical (unpaired) electrons. The fourth-order valence-electron chi connectivity index (χ4n) is 2.54. The molecule has 2 atom stereocenters. The molecular weight excluding hydrogens is 256 g/mol. The molecule has 1 saturated heterocycles. The van der Waals surface area contributed by atoms with Gasteiger partial charge in [0.05, 0.1) is 0 Å². The molecule has 1 aliphatic rings. The molecule has 1 heterocycles. The van der Waals surface area contributed by atoms with Crippen LogP contribution in [-0.4, -0.2) is 36.6 Å². The minimum atomic E-state index is -0.745. The number of nitrogens with one attached hydrogen (secondary N) is 2. The normalized spacial score (nSPS) is 18.4. The average molecular weight is 284 g/mol. The lowest BCUT2D eigenvalue weighted by Gasteiger charge is -2.32. The molecule has 5 heteroatoms. The average Bonchev–Trinajstić information content (AvgIpc) is 2.30. The van der Waals surface area contributed by atoms with Gasteiger partial charge in [-0.2, -0.15) is 0 Å². The first-order chi connectivity index (χ1) is 9.41. The molecule has 0 aromatic rings. The van der Waals surface area contributed by atoms with Crippen molar-refractivity contribution in [2.75, 3.05) is 19.6 Å². The fraction of sp³-hybridized carbons (Fsp3) is 0.867. The van der Waals surface area contributed by atoms with Crippen molar-refractivity contribution in [1.82, 2.24) is 10.6 Å². The third-order valence-corrected chi connectivity index (χ3v) is 4.42. The van der Waals surface area contributed by atoms with Crippen molar-refractivity contribution in [2.24, 2.45) is 23.7 Å². The van der Waals surface area contributed by atoms with E-state index >= 15 is 0 Å². The van der Waals surface area contributed by atoms with Crippen molar-refractivity contribution < 1.29 is 14.7 Å². The van der Waals surface area contributed by atoms with Crippen LogP contribution in [0, 0.1) is 23.7 Å². The summed E-state index contributed by atoms with van der Waals surface area (Å²) in [6.45, 7) is 8.70. The number of rotatable bonds is 9. The predicted molar refractivity (Wildman–Crippen MR) is 78.3 cm³/mol. The molecule has 0 spiro atoms. The van der Waals surface area contributed by atoms with Gasteiger partial charge in [-0.3, -0.25) is 9.59 Å². The van der Waals surface area contributed by atoms with Crippen LogP contribution in [0.1, 0.15) is 40.0 Å². The summed E-state index contributed by atoms with van der Waals surface area (Å²) in [6, 6.07) is 0. The Morgan fingerprint density at radius 2 is 1.90 bits per heavy atom. The standard InChI is InChI=1S/C15H28N2O3/c1-10(2)12(4-5-14(18)19)6-7-17-15(20)11(3)13-8-16-9-13/h10-13,16H,4-9H2,1-3H3,(H,17,20)(H,18,19). The Labute approximate surface area is 121 Å². The maximum absolute atomic E-state index is 12.0. The minimum absolute atomic E-state index is 0.0627. The van der Waals surface area contributed by atoms with E-state index in [9.17, 15) is 9.59 Å². The smallest absolute Gasteiger partial charge is 0.303 e. The summed E-state index contributed by atoms with van der Waals surface area (Å²) in [6.07, 6.45) is 1.75. The van der Waals surface area contributed by atoms with Crippen LogP contribution in [0.15, 0.2) is 0 Å². The second-order valence-electron chi connectivity index (χ2n) is 6.22. The zero-order valence-electron chi connectivity index (χ0n) is 12.8. The molecule has 0 aromatic heterocycles.